The number of Topliss-reactive ketones (excluding diaryl/α,β-unsaturated/α-hetero) is 1. The maximum absolute atomic E-state index is 12.7. The van der Waals surface area contributed by atoms with Crippen LogP contribution in [0.15, 0.2) is 18.2 Å². The molecule has 0 radical (unpaired) electrons. The third kappa shape index (κ3) is 3.70. The van der Waals surface area contributed by atoms with E-state index >= 15 is 0 Å². The smallest absolute Gasteiger partial charge is 0.305 e. The second-order valence-corrected chi connectivity index (χ2v) is 6.73. The second-order valence-electron chi connectivity index (χ2n) is 6.08. The number of hydrogen-bond donors (Lipinski definition) is 1. The Bertz CT molecular complexity index is 671. The van der Waals surface area contributed by atoms with Gasteiger partial charge >= 0.3 is 5.97 Å². The van der Waals surface area contributed by atoms with E-state index in [0.717, 1.165) is 0 Å². The van der Waals surface area contributed by atoms with Crippen molar-refractivity contribution < 1.29 is 24.2 Å². The van der Waals surface area contributed by atoms with Crippen molar-refractivity contribution in [2.24, 2.45) is 5.92 Å². The van der Waals surface area contributed by atoms with Crippen molar-refractivity contribution >= 4 is 34.9 Å². The van der Waals surface area contributed by atoms with Gasteiger partial charge in [-0.1, -0.05) is 13.8 Å². The predicted molar refractivity (Wildman–Crippen MR) is 89.9 cm³/mol. The molecule has 1 N–H and O–H groups in total. The number of aliphatic carboxylic acids is 1. The van der Waals surface area contributed by atoms with Gasteiger partial charge in [-0.25, -0.2) is 0 Å². The fraction of sp³-hybridized carbons (Fsp3) is 0.471. The number of fused-ring (bicyclic) bond motifs is 1. The van der Waals surface area contributed by atoms with Crippen LogP contribution in [0.1, 0.15) is 37.6 Å². The highest BCUT2D eigenvalue weighted by Crippen LogP contribution is 2.37. The lowest BCUT2D eigenvalue weighted by molar-refractivity contribution is -0.136. The first-order valence-electron chi connectivity index (χ1n) is 7.74. The van der Waals surface area contributed by atoms with Gasteiger partial charge in [0.1, 0.15) is 5.75 Å². The lowest BCUT2D eigenvalue weighted by Gasteiger charge is -2.36. The number of rotatable bonds is 6. The molecule has 0 fully saturated rings. The number of carboxylic acids is 1. The molecule has 1 aliphatic heterocycles. The second kappa shape index (κ2) is 7.21. The van der Waals surface area contributed by atoms with Crippen LogP contribution in [0.25, 0.3) is 0 Å². The number of carbonyl (C=O) groups excluding carboxylic acids is 2. The Labute approximate surface area is 145 Å². The number of nitrogens with zero attached hydrogens (tertiary/aromatic N) is 1. The molecule has 2 rings (SSSR count). The summed E-state index contributed by atoms with van der Waals surface area (Å²) in [5.41, 5.74) is 0.761. The van der Waals surface area contributed by atoms with E-state index in [-0.39, 0.29) is 30.6 Å². The number of ether oxygens (including phenoxy) is 1. The lowest BCUT2D eigenvalue weighted by atomic mass is 10.0. The Hall–Kier alpha value is -2.08. The number of alkyl halides is 1. The van der Waals surface area contributed by atoms with E-state index in [2.05, 4.69) is 0 Å². The van der Waals surface area contributed by atoms with E-state index in [1.165, 1.54) is 11.0 Å². The van der Waals surface area contributed by atoms with E-state index in [0.29, 0.717) is 17.0 Å². The Kier molecular flexibility index (Phi) is 5.49. The van der Waals surface area contributed by atoms with Gasteiger partial charge in [0.05, 0.1) is 17.5 Å². The van der Waals surface area contributed by atoms with Gasteiger partial charge in [0, 0.05) is 12.1 Å². The van der Waals surface area contributed by atoms with Crippen molar-refractivity contribution in [2.75, 3.05) is 11.4 Å². The predicted octanol–water partition coefficient (Wildman–Crippen LogP) is 2.72. The molecule has 0 bridgehead atoms. The first-order valence-corrected chi connectivity index (χ1v) is 8.18. The minimum atomic E-state index is -1.00. The summed E-state index contributed by atoms with van der Waals surface area (Å²) in [6.07, 6.45) is -0.875. The van der Waals surface area contributed by atoms with E-state index in [9.17, 15) is 14.4 Å². The molecule has 1 aromatic carbocycles. The number of anilines is 1. The first-order chi connectivity index (χ1) is 11.2. The highest BCUT2D eigenvalue weighted by atomic mass is 35.5. The molecule has 2 atom stereocenters. The summed E-state index contributed by atoms with van der Waals surface area (Å²) >= 11 is 5.84. The van der Waals surface area contributed by atoms with Crippen LogP contribution in [0.5, 0.6) is 5.75 Å². The molecule has 130 valence electrons. The maximum atomic E-state index is 12.7. The Morgan fingerprint density at radius 3 is 2.54 bits per heavy atom. The maximum Gasteiger partial charge on any atom is 0.305 e. The molecule has 0 spiro atoms. The minimum Gasteiger partial charge on any atom is -0.481 e. The standard InChI is InChI=1S/C17H20ClNO5/c1-9(2)16-17(23)19(7-6-14(20)21)12-8-11(15(22)10(3)18)4-5-13(12)24-16/h4-5,8-10,16H,6-7H2,1-3H3,(H,20,21). The summed E-state index contributed by atoms with van der Waals surface area (Å²) in [5, 5.41) is 8.23. The molecule has 6 nitrogen and oxygen atoms in total. The number of carboxylic acid groups (broad SMARTS) is 1. The number of carbonyl (C=O) groups is 3. The monoisotopic (exact) mass is 353 g/mol. The van der Waals surface area contributed by atoms with Crippen LogP contribution in [0, 0.1) is 5.92 Å². The van der Waals surface area contributed by atoms with Crippen molar-refractivity contribution in [1.82, 2.24) is 0 Å². The summed E-state index contributed by atoms with van der Waals surface area (Å²) in [5.74, 6) is -1.18. The molecule has 1 heterocycles. The minimum absolute atomic E-state index is 0.0157. The van der Waals surface area contributed by atoms with Crippen LogP contribution >= 0.6 is 11.6 Å². The number of hydrogen-bond acceptors (Lipinski definition) is 4. The van der Waals surface area contributed by atoms with Crippen molar-refractivity contribution in [3.05, 3.63) is 23.8 Å². The normalized spacial score (nSPS) is 18.1. The van der Waals surface area contributed by atoms with Gasteiger partial charge in [0.2, 0.25) is 0 Å². The number of ketones is 1. The van der Waals surface area contributed by atoms with Crippen molar-refractivity contribution in [1.29, 1.82) is 0 Å². The zero-order chi connectivity index (χ0) is 18.0. The highest BCUT2D eigenvalue weighted by Gasteiger charge is 2.36. The highest BCUT2D eigenvalue weighted by molar-refractivity contribution is 6.33. The van der Waals surface area contributed by atoms with Crippen LogP contribution in [-0.2, 0) is 9.59 Å². The fourth-order valence-electron chi connectivity index (χ4n) is 2.53. The summed E-state index contributed by atoms with van der Waals surface area (Å²) in [6, 6.07) is 4.76. The fourth-order valence-corrected chi connectivity index (χ4v) is 2.66. The molecule has 0 aromatic heterocycles. The quantitative estimate of drug-likeness (QED) is 0.628. The molecule has 24 heavy (non-hydrogen) atoms. The van der Waals surface area contributed by atoms with E-state index < -0.39 is 17.5 Å². The summed E-state index contributed by atoms with van der Waals surface area (Å²) in [4.78, 5) is 37.0. The van der Waals surface area contributed by atoms with Crippen LogP contribution in [0.3, 0.4) is 0 Å². The van der Waals surface area contributed by atoms with Gasteiger partial charge in [-0.2, -0.15) is 0 Å². The molecule has 1 aliphatic rings. The van der Waals surface area contributed by atoms with E-state index in [4.69, 9.17) is 21.4 Å². The van der Waals surface area contributed by atoms with Crippen LogP contribution < -0.4 is 9.64 Å². The van der Waals surface area contributed by atoms with Gasteiger partial charge in [-0.15, -0.1) is 11.6 Å². The van der Waals surface area contributed by atoms with E-state index in [1.54, 1.807) is 19.1 Å². The number of amides is 1. The third-order valence-corrected chi connectivity index (χ3v) is 4.01. The summed E-state index contributed by atoms with van der Waals surface area (Å²) in [7, 11) is 0. The average Bonchev–Trinajstić information content (AvgIpc) is 2.51. The van der Waals surface area contributed by atoms with Crippen molar-refractivity contribution in [3.8, 4) is 5.75 Å². The van der Waals surface area contributed by atoms with E-state index in [1.807, 2.05) is 13.8 Å². The number of halogens is 1. The molecule has 1 aromatic rings. The largest absolute Gasteiger partial charge is 0.481 e. The molecule has 0 saturated heterocycles. The van der Waals surface area contributed by atoms with Crippen molar-refractivity contribution in [2.45, 2.75) is 38.7 Å². The van der Waals surface area contributed by atoms with Crippen LogP contribution in [0.2, 0.25) is 0 Å². The molecule has 2 unspecified atom stereocenters. The summed E-state index contributed by atoms with van der Waals surface area (Å²) in [6.45, 7) is 5.30. The topological polar surface area (TPSA) is 83.9 Å². The van der Waals surface area contributed by atoms with Crippen LogP contribution in [0.4, 0.5) is 5.69 Å². The Balaban J connectivity index is 2.44. The summed E-state index contributed by atoms with van der Waals surface area (Å²) < 4.78 is 5.75. The molecular weight excluding hydrogens is 334 g/mol. The zero-order valence-electron chi connectivity index (χ0n) is 13.8. The SMILES string of the molecule is CC(Cl)C(=O)c1ccc2c(c1)N(CCC(=O)O)C(=O)C(C(C)C)O2. The van der Waals surface area contributed by atoms with Gasteiger partial charge in [0.25, 0.3) is 5.91 Å². The Morgan fingerprint density at radius 1 is 1.33 bits per heavy atom. The third-order valence-electron chi connectivity index (χ3n) is 3.81. The molecular formula is C17H20ClNO5. The lowest BCUT2D eigenvalue weighted by Crippen LogP contribution is -2.49. The molecule has 0 saturated carbocycles. The van der Waals surface area contributed by atoms with Gasteiger partial charge in [-0.3, -0.25) is 14.4 Å². The van der Waals surface area contributed by atoms with Gasteiger partial charge in [0.15, 0.2) is 11.9 Å². The van der Waals surface area contributed by atoms with Crippen molar-refractivity contribution in [3.63, 3.8) is 0 Å². The van der Waals surface area contributed by atoms with Gasteiger partial charge in [-0.05, 0) is 31.0 Å². The average molecular weight is 354 g/mol. The zero-order valence-corrected chi connectivity index (χ0v) is 14.5. The number of benzene rings is 1. The van der Waals surface area contributed by atoms with Crippen LogP contribution in [-0.4, -0.2) is 40.8 Å². The van der Waals surface area contributed by atoms with Gasteiger partial charge < -0.3 is 14.7 Å². The molecule has 1 amide bonds. The first kappa shape index (κ1) is 18.3. The Morgan fingerprint density at radius 2 is 2.00 bits per heavy atom. The molecule has 0 aliphatic carbocycles. The molecule has 7 heteroatoms.